The molecule has 0 radical (unpaired) electrons. The second-order valence-corrected chi connectivity index (χ2v) is 5.46. The first-order valence-electron chi connectivity index (χ1n) is 7.16. The predicted octanol–water partition coefficient (Wildman–Crippen LogP) is 0.849. The van der Waals surface area contributed by atoms with Crippen LogP contribution in [0, 0.1) is 16.0 Å². The van der Waals surface area contributed by atoms with Crippen molar-refractivity contribution in [1.82, 2.24) is 15.1 Å². The van der Waals surface area contributed by atoms with E-state index in [1.54, 1.807) is 0 Å². The van der Waals surface area contributed by atoms with Gasteiger partial charge in [0.1, 0.15) is 12.4 Å². The Morgan fingerprint density at radius 3 is 3.05 bits per heavy atom. The number of carbonyl (C=O) groups is 1. The van der Waals surface area contributed by atoms with E-state index in [0.29, 0.717) is 19.0 Å². The average Bonchev–Trinajstić information content (AvgIpc) is 2.92. The molecule has 2 rings (SSSR count). The Kier molecular flexibility index (Phi) is 5.26. The fourth-order valence-corrected chi connectivity index (χ4v) is 2.58. The normalized spacial score (nSPS) is 22.0. The second-order valence-electron chi connectivity index (χ2n) is 5.46. The van der Waals surface area contributed by atoms with Crippen LogP contribution in [-0.4, -0.2) is 38.4 Å². The van der Waals surface area contributed by atoms with Gasteiger partial charge in [-0.2, -0.15) is 5.10 Å². The van der Waals surface area contributed by atoms with E-state index in [4.69, 9.17) is 0 Å². The van der Waals surface area contributed by atoms with Crippen molar-refractivity contribution in [1.29, 1.82) is 0 Å². The summed E-state index contributed by atoms with van der Waals surface area (Å²) in [5.74, 6) is 0.233. The number of aliphatic hydroxyl groups is 1. The molecule has 1 amide bonds. The molecule has 1 aromatic heterocycles. The lowest BCUT2D eigenvalue weighted by atomic mass is 9.87. The molecule has 0 spiro atoms. The van der Waals surface area contributed by atoms with Crippen molar-refractivity contribution in [3.8, 4) is 0 Å². The molecule has 1 aliphatic carbocycles. The Hall–Kier alpha value is -1.96. The van der Waals surface area contributed by atoms with E-state index in [2.05, 4.69) is 10.4 Å². The molecule has 0 aliphatic heterocycles. The third-order valence-electron chi connectivity index (χ3n) is 3.74. The number of carbonyl (C=O) groups excluding carboxylic acids is 1. The summed E-state index contributed by atoms with van der Waals surface area (Å²) in [6.45, 7) is 0.891. The lowest BCUT2D eigenvalue weighted by Crippen LogP contribution is -2.33. The van der Waals surface area contributed by atoms with Gasteiger partial charge in [-0.15, -0.1) is 0 Å². The Balaban J connectivity index is 1.68. The SMILES string of the molecule is O=C(CCn1cc([N+](=O)[O-])cn1)NCC1CCCC(O)C1. The number of rotatable bonds is 6. The third kappa shape index (κ3) is 4.82. The smallest absolute Gasteiger partial charge is 0.306 e. The molecule has 0 bridgehead atoms. The summed E-state index contributed by atoms with van der Waals surface area (Å²) < 4.78 is 1.39. The van der Waals surface area contributed by atoms with Crippen LogP contribution in [0.4, 0.5) is 5.69 Å². The highest BCUT2D eigenvalue weighted by Crippen LogP contribution is 2.23. The summed E-state index contributed by atoms with van der Waals surface area (Å²) in [5.41, 5.74) is -0.0772. The topological polar surface area (TPSA) is 110 Å². The number of nitrogens with zero attached hydrogens (tertiary/aromatic N) is 3. The molecule has 2 unspecified atom stereocenters. The predicted molar refractivity (Wildman–Crippen MR) is 74.5 cm³/mol. The Morgan fingerprint density at radius 1 is 1.57 bits per heavy atom. The molecule has 0 aromatic carbocycles. The van der Waals surface area contributed by atoms with Gasteiger partial charge in [0.15, 0.2) is 0 Å². The van der Waals surface area contributed by atoms with Crippen molar-refractivity contribution in [3.05, 3.63) is 22.5 Å². The number of aromatic nitrogens is 2. The first-order valence-corrected chi connectivity index (χ1v) is 7.16. The van der Waals surface area contributed by atoms with Crippen molar-refractivity contribution in [2.45, 2.75) is 44.8 Å². The first-order chi connectivity index (χ1) is 10.0. The monoisotopic (exact) mass is 296 g/mol. The first kappa shape index (κ1) is 15.4. The number of aryl methyl sites for hydroxylation is 1. The van der Waals surface area contributed by atoms with E-state index >= 15 is 0 Å². The average molecular weight is 296 g/mol. The lowest BCUT2D eigenvalue weighted by molar-refractivity contribution is -0.385. The van der Waals surface area contributed by atoms with Crippen molar-refractivity contribution < 1.29 is 14.8 Å². The highest BCUT2D eigenvalue weighted by molar-refractivity contribution is 5.75. The van der Waals surface area contributed by atoms with E-state index < -0.39 is 4.92 Å². The number of amides is 1. The molecule has 21 heavy (non-hydrogen) atoms. The van der Waals surface area contributed by atoms with Crippen LogP contribution in [0.3, 0.4) is 0 Å². The summed E-state index contributed by atoms with van der Waals surface area (Å²) in [4.78, 5) is 21.7. The zero-order valence-corrected chi connectivity index (χ0v) is 11.8. The molecule has 2 N–H and O–H groups in total. The van der Waals surface area contributed by atoms with Gasteiger partial charge in [0.25, 0.3) is 0 Å². The van der Waals surface area contributed by atoms with Crippen LogP contribution >= 0.6 is 0 Å². The van der Waals surface area contributed by atoms with Crippen LogP contribution in [0.2, 0.25) is 0 Å². The van der Waals surface area contributed by atoms with E-state index in [1.807, 2.05) is 0 Å². The fourth-order valence-electron chi connectivity index (χ4n) is 2.58. The van der Waals surface area contributed by atoms with Crippen molar-refractivity contribution in [2.75, 3.05) is 6.54 Å². The number of nitro groups is 1. The number of aliphatic hydroxyl groups excluding tert-OH is 1. The third-order valence-corrected chi connectivity index (χ3v) is 3.74. The Labute approximate surface area is 122 Å². The number of hydrogen-bond acceptors (Lipinski definition) is 5. The molecule has 116 valence electrons. The molecule has 8 nitrogen and oxygen atoms in total. The highest BCUT2D eigenvalue weighted by Gasteiger charge is 2.20. The Morgan fingerprint density at radius 2 is 2.38 bits per heavy atom. The fraction of sp³-hybridized carbons (Fsp3) is 0.692. The maximum Gasteiger partial charge on any atom is 0.306 e. The van der Waals surface area contributed by atoms with Gasteiger partial charge in [0.2, 0.25) is 5.91 Å². The summed E-state index contributed by atoms with van der Waals surface area (Å²) in [5, 5.41) is 26.8. The molecule has 8 heteroatoms. The van der Waals surface area contributed by atoms with Crippen molar-refractivity contribution in [3.63, 3.8) is 0 Å². The maximum absolute atomic E-state index is 11.7. The van der Waals surface area contributed by atoms with Gasteiger partial charge in [-0.3, -0.25) is 19.6 Å². The zero-order chi connectivity index (χ0) is 15.2. The van der Waals surface area contributed by atoms with E-state index in [-0.39, 0.29) is 24.1 Å². The maximum atomic E-state index is 11.7. The molecule has 1 aromatic rings. The van der Waals surface area contributed by atoms with Crippen LogP contribution in [-0.2, 0) is 11.3 Å². The summed E-state index contributed by atoms with van der Waals surface area (Å²) >= 11 is 0. The second kappa shape index (κ2) is 7.16. The minimum absolute atomic E-state index is 0.0772. The van der Waals surface area contributed by atoms with Gasteiger partial charge in [-0.05, 0) is 25.2 Å². The standard InChI is InChI=1S/C13H20N4O4/c18-12-3-1-2-10(6-12)7-14-13(19)4-5-16-9-11(8-15-16)17(20)21/h8-10,12,18H,1-7H2,(H,14,19). The largest absolute Gasteiger partial charge is 0.393 e. The quantitative estimate of drug-likeness (QED) is 0.597. The summed E-state index contributed by atoms with van der Waals surface area (Å²) in [6, 6.07) is 0. The molecule has 2 atom stereocenters. The van der Waals surface area contributed by atoms with Crippen LogP contribution in [0.5, 0.6) is 0 Å². The van der Waals surface area contributed by atoms with Crippen LogP contribution in [0.1, 0.15) is 32.1 Å². The molecule has 0 saturated heterocycles. The Bertz CT molecular complexity index is 502. The minimum Gasteiger partial charge on any atom is -0.393 e. The van der Waals surface area contributed by atoms with Crippen molar-refractivity contribution in [2.24, 2.45) is 5.92 Å². The number of hydrogen-bond donors (Lipinski definition) is 2. The van der Waals surface area contributed by atoms with Gasteiger partial charge < -0.3 is 10.4 Å². The van der Waals surface area contributed by atoms with Gasteiger partial charge in [-0.1, -0.05) is 6.42 Å². The zero-order valence-electron chi connectivity index (χ0n) is 11.8. The molecule has 1 fully saturated rings. The van der Waals surface area contributed by atoms with Gasteiger partial charge in [-0.25, -0.2) is 0 Å². The van der Waals surface area contributed by atoms with Gasteiger partial charge >= 0.3 is 5.69 Å². The molecular weight excluding hydrogens is 276 g/mol. The molecule has 1 saturated carbocycles. The summed E-state index contributed by atoms with van der Waals surface area (Å²) in [7, 11) is 0. The van der Waals surface area contributed by atoms with E-state index in [9.17, 15) is 20.0 Å². The molecular formula is C13H20N4O4. The summed E-state index contributed by atoms with van der Waals surface area (Å²) in [6.07, 6.45) is 6.08. The van der Waals surface area contributed by atoms with Crippen LogP contribution in [0.15, 0.2) is 12.4 Å². The molecule has 1 aliphatic rings. The van der Waals surface area contributed by atoms with Crippen LogP contribution in [0.25, 0.3) is 0 Å². The van der Waals surface area contributed by atoms with Crippen molar-refractivity contribution >= 4 is 11.6 Å². The van der Waals surface area contributed by atoms with Gasteiger partial charge in [0, 0.05) is 19.5 Å². The highest BCUT2D eigenvalue weighted by atomic mass is 16.6. The minimum atomic E-state index is -0.516. The van der Waals surface area contributed by atoms with Gasteiger partial charge in [0.05, 0.1) is 11.0 Å². The van der Waals surface area contributed by atoms with Crippen LogP contribution < -0.4 is 5.32 Å². The number of nitrogens with one attached hydrogen (secondary N) is 1. The lowest BCUT2D eigenvalue weighted by Gasteiger charge is -2.25. The van der Waals surface area contributed by atoms with E-state index in [0.717, 1.165) is 25.7 Å². The van der Waals surface area contributed by atoms with E-state index in [1.165, 1.54) is 17.1 Å². The molecule has 1 heterocycles.